The molecule has 0 radical (unpaired) electrons. The number of carbonyl (C=O) groups is 2. The minimum absolute atomic E-state index is 0.200. The van der Waals surface area contributed by atoms with Gasteiger partial charge in [0.2, 0.25) is 0 Å². The minimum atomic E-state index is -0.570. The Hall–Kier alpha value is -2.83. The molecule has 1 amide bonds. The van der Waals surface area contributed by atoms with Gasteiger partial charge in [0.15, 0.2) is 6.61 Å². The molecule has 1 aromatic carbocycles. The van der Waals surface area contributed by atoms with Crippen LogP contribution in [0.15, 0.2) is 28.8 Å². The highest BCUT2D eigenvalue weighted by Gasteiger charge is 2.33. The molecule has 7 nitrogen and oxygen atoms in total. The molecule has 0 N–H and O–H groups in total. The quantitative estimate of drug-likeness (QED) is 0.663. The van der Waals surface area contributed by atoms with Gasteiger partial charge in [-0.3, -0.25) is 4.79 Å². The molecule has 144 valence electrons. The molecule has 1 aliphatic carbocycles. The fourth-order valence-corrected chi connectivity index (χ4v) is 2.94. The van der Waals surface area contributed by atoms with Gasteiger partial charge < -0.3 is 18.9 Å². The highest BCUT2D eigenvalue weighted by molar-refractivity contribution is 5.93. The van der Waals surface area contributed by atoms with Crippen LogP contribution in [0.3, 0.4) is 0 Å². The number of nitrogens with zero attached hydrogens (tertiary/aromatic N) is 2. The van der Waals surface area contributed by atoms with E-state index in [4.69, 9.17) is 14.0 Å². The largest absolute Gasteiger partial charge is 0.497 e. The van der Waals surface area contributed by atoms with E-state index in [1.54, 1.807) is 18.9 Å². The fraction of sp³-hybridized carbons (Fsp3) is 0.450. The topological polar surface area (TPSA) is 81.9 Å². The molecule has 0 saturated heterocycles. The second-order valence-corrected chi connectivity index (χ2v) is 6.59. The normalized spacial score (nSPS) is 13.3. The van der Waals surface area contributed by atoms with Crippen molar-refractivity contribution in [2.24, 2.45) is 0 Å². The molecule has 7 heteroatoms. The molecule has 1 heterocycles. The van der Waals surface area contributed by atoms with Gasteiger partial charge in [0, 0.05) is 12.6 Å². The molecule has 0 aliphatic heterocycles. The summed E-state index contributed by atoms with van der Waals surface area (Å²) < 4.78 is 15.5. The van der Waals surface area contributed by atoms with Crippen LogP contribution in [0.4, 0.5) is 0 Å². The van der Waals surface area contributed by atoms with Gasteiger partial charge >= 0.3 is 5.97 Å². The van der Waals surface area contributed by atoms with Crippen molar-refractivity contribution in [3.8, 4) is 5.75 Å². The van der Waals surface area contributed by atoms with Crippen LogP contribution < -0.4 is 4.74 Å². The third-order valence-corrected chi connectivity index (χ3v) is 4.62. The highest BCUT2D eigenvalue weighted by Crippen LogP contribution is 2.29. The average Bonchev–Trinajstić information content (AvgIpc) is 3.45. The summed E-state index contributed by atoms with van der Waals surface area (Å²) in [7, 11) is 1.62. The fourth-order valence-electron chi connectivity index (χ4n) is 2.94. The number of hydrogen-bond donors (Lipinski definition) is 0. The lowest BCUT2D eigenvalue weighted by Gasteiger charge is -2.22. The minimum Gasteiger partial charge on any atom is -0.497 e. The summed E-state index contributed by atoms with van der Waals surface area (Å²) in [6, 6.07) is 7.81. The van der Waals surface area contributed by atoms with Crippen molar-refractivity contribution < 1.29 is 23.6 Å². The lowest BCUT2D eigenvalue weighted by atomic mass is 10.1. The number of carbonyl (C=O) groups excluding carboxylic acids is 2. The van der Waals surface area contributed by atoms with Crippen LogP contribution in [0, 0.1) is 6.92 Å². The number of methoxy groups -OCH3 is 1. The number of hydrogen-bond acceptors (Lipinski definition) is 6. The first-order valence-corrected chi connectivity index (χ1v) is 9.08. The number of esters is 1. The third-order valence-electron chi connectivity index (χ3n) is 4.62. The van der Waals surface area contributed by atoms with Gasteiger partial charge in [0.25, 0.3) is 5.91 Å². The molecule has 3 rings (SSSR count). The SMILES string of the molecule is CCc1noc(C)c1C(=O)OCC(=O)N(Cc1ccc(OC)cc1)C1CC1. The van der Waals surface area contributed by atoms with Gasteiger partial charge in [-0.05, 0) is 43.9 Å². The number of rotatable bonds is 8. The monoisotopic (exact) mass is 372 g/mol. The molecule has 0 spiro atoms. The maximum atomic E-state index is 12.7. The summed E-state index contributed by atoms with van der Waals surface area (Å²) >= 11 is 0. The van der Waals surface area contributed by atoms with Crippen LogP contribution in [0.5, 0.6) is 5.75 Å². The van der Waals surface area contributed by atoms with Crippen molar-refractivity contribution in [2.45, 2.75) is 45.7 Å². The second kappa shape index (κ2) is 8.24. The predicted molar refractivity (Wildman–Crippen MR) is 97.5 cm³/mol. The molecular weight excluding hydrogens is 348 g/mol. The van der Waals surface area contributed by atoms with E-state index in [0.717, 1.165) is 24.2 Å². The Morgan fingerprint density at radius 3 is 2.56 bits per heavy atom. The van der Waals surface area contributed by atoms with Crippen molar-refractivity contribution in [2.75, 3.05) is 13.7 Å². The van der Waals surface area contributed by atoms with Crippen molar-refractivity contribution in [3.63, 3.8) is 0 Å². The maximum Gasteiger partial charge on any atom is 0.344 e. The molecule has 1 aliphatic rings. The Balaban J connectivity index is 1.62. The summed E-state index contributed by atoms with van der Waals surface area (Å²) in [5, 5.41) is 3.84. The molecule has 1 saturated carbocycles. The van der Waals surface area contributed by atoms with E-state index in [2.05, 4.69) is 5.16 Å². The number of ether oxygens (including phenoxy) is 2. The van der Waals surface area contributed by atoms with E-state index in [1.165, 1.54) is 0 Å². The smallest absolute Gasteiger partial charge is 0.344 e. The van der Waals surface area contributed by atoms with Crippen molar-refractivity contribution in [1.82, 2.24) is 10.1 Å². The Bertz CT molecular complexity index is 808. The second-order valence-electron chi connectivity index (χ2n) is 6.59. The molecule has 1 fully saturated rings. The Morgan fingerprint density at radius 2 is 1.96 bits per heavy atom. The molecule has 2 aromatic rings. The van der Waals surface area contributed by atoms with E-state index >= 15 is 0 Å². The van der Waals surface area contributed by atoms with Crippen molar-refractivity contribution in [1.29, 1.82) is 0 Å². The van der Waals surface area contributed by atoms with Crippen LogP contribution in [0.2, 0.25) is 0 Å². The van der Waals surface area contributed by atoms with Gasteiger partial charge in [-0.15, -0.1) is 0 Å². The van der Waals surface area contributed by atoms with E-state index in [1.807, 2.05) is 31.2 Å². The van der Waals surface area contributed by atoms with Gasteiger partial charge in [-0.25, -0.2) is 4.79 Å². The summed E-state index contributed by atoms with van der Waals surface area (Å²) in [5.74, 6) is 0.405. The van der Waals surface area contributed by atoms with Crippen LogP contribution >= 0.6 is 0 Å². The summed E-state index contributed by atoms with van der Waals surface area (Å²) in [6.07, 6.45) is 2.50. The van der Waals surface area contributed by atoms with Gasteiger partial charge in [0.05, 0.1) is 12.8 Å². The highest BCUT2D eigenvalue weighted by atomic mass is 16.5. The number of benzene rings is 1. The standard InChI is InChI=1S/C20H24N2O5/c1-4-17-19(13(2)27-21-17)20(24)26-12-18(23)22(15-7-8-15)11-14-5-9-16(25-3)10-6-14/h5-6,9-10,15H,4,7-8,11-12H2,1-3H3. The summed E-state index contributed by atoms with van der Waals surface area (Å²) in [4.78, 5) is 26.8. The summed E-state index contributed by atoms with van der Waals surface area (Å²) in [6.45, 7) is 3.73. The Kier molecular flexibility index (Phi) is 5.78. The molecule has 0 bridgehead atoms. The van der Waals surface area contributed by atoms with E-state index in [9.17, 15) is 9.59 Å². The molecular formula is C20H24N2O5. The zero-order valence-electron chi connectivity index (χ0n) is 15.9. The van der Waals surface area contributed by atoms with Crippen LogP contribution in [-0.2, 0) is 22.5 Å². The zero-order chi connectivity index (χ0) is 19.4. The van der Waals surface area contributed by atoms with Gasteiger partial charge in [0.1, 0.15) is 17.1 Å². The maximum absolute atomic E-state index is 12.7. The van der Waals surface area contributed by atoms with Crippen LogP contribution in [-0.4, -0.2) is 41.7 Å². The average molecular weight is 372 g/mol. The number of aryl methyl sites for hydroxylation is 2. The lowest BCUT2D eigenvalue weighted by Crippen LogP contribution is -2.36. The van der Waals surface area contributed by atoms with Crippen LogP contribution in [0.1, 0.15) is 47.1 Å². The van der Waals surface area contributed by atoms with E-state index < -0.39 is 5.97 Å². The third kappa shape index (κ3) is 4.48. The molecule has 27 heavy (non-hydrogen) atoms. The van der Waals surface area contributed by atoms with E-state index in [0.29, 0.717) is 30.0 Å². The Labute approximate surface area is 158 Å². The summed E-state index contributed by atoms with van der Waals surface area (Å²) in [5.41, 5.74) is 1.87. The molecule has 0 unspecified atom stereocenters. The van der Waals surface area contributed by atoms with Crippen molar-refractivity contribution in [3.05, 3.63) is 46.8 Å². The number of amides is 1. The Morgan fingerprint density at radius 1 is 1.26 bits per heavy atom. The lowest BCUT2D eigenvalue weighted by molar-refractivity contribution is -0.135. The van der Waals surface area contributed by atoms with E-state index in [-0.39, 0.29) is 18.6 Å². The molecule has 0 atom stereocenters. The van der Waals surface area contributed by atoms with Gasteiger partial charge in [-0.1, -0.05) is 24.2 Å². The van der Waals surface area contributed by atoms with Gasteiger partial charge in [-0.2, -0.15) is 0 Å². The number of aromatic nitrogens is 1. The van der Waals surface area contributed by atoms with Crippen molar-refractivity contribution >= 4 is 11.9 Å². The van der Waals surface area contributed by atoms with Crippen LogP contribution in [0.25, 0.3) is 0 Å². The zero-order valence-corrected chi connectivity index (χ0v) is 15.9. The first kappa shape index (κ1) is 18.9. The predicted octanol–water partition coefficient (Wildman–Crippen LogP) is 2.90. The first-order valence-electron chi connectivity index (χ1n) is 9.08. The molecule has 1 aromatic heterocycles. The first-order chi connectivity index (χ1) is 13.0.